The first-order valence-corrected chi connectivity index (χ1v) is 11.9. The summed E-state index contributed by atoms with van der Waals surface area (Å²) < 4.78 is 5.24. The molecule has 0 spiro atoms. The predicted octanol–water partition coefficient (Wildman–Crippen LogP) is 5.93. The Labute approximate surface area is 222 Å². The zero-order valence-corrected chi connectivity index (χ0v) is 21.5. The number of benzene rings is 3. The number of nitrogens with one attached hydrogen (secondary N) is 2. The van der Waals surface area contributed by atoms with Crippen molar-refractivity contribution in [3.63, 3.8) is 0 Å². The SMILES string of the molecule is COc1ccc(Cl)cc1NC(=O)Cc1ccc(NC2=C(Cl)C(=O)N(c3ccc(C)c(Cl)c3)C2=O)cc1. The van der Waals surface area contributed by atoms with Crippen LogP contribution >= 0.6 is 34.8 Å². The zero-order valence-electron chi connectivity index (χ0n) is 19.2. The summed E-state index contributed by atoms with van der Waals surface area (Å²) in [5.41, 5.74) is 2.82. The molecule has 4 rings (SSSR count). The molecule has 1 aliphatic heterocycles. The van der Waals surface area contributed by atoms with Crippen LogP contribution in [0.5, 0.6) is 5.75 Å². The molecule has 10 heteroatoms. The molecule has 36 heavy (non-hydrogen) atoms. The van der Waals surface area contributed by atoms with Crippen molar-refractivity contribution < 1.29 is 19.1 Å². The van der Waals surface area contributed by atoms with E-state index in [0.29, 0.717) is 32.9 Å². The van der Waals surface area contributed by atoms with Crippen LogP contribution in [0.1, 0.15) is 11.1 Å². The van der Waals surface area contributed by atoms with Gasteiger partial charge in [-0.2, -0.15) is 0 Å². The predicted molar refractivity (Wildman–Crippen MR) is 142 cm³/mol. The molecule has 2 N–H and O–H groups in total. The van der Waals surface area contributed by atoms with Crippen LogP contribution < -0.4 is 20.3 Å². The quantitative estimate of drug-likeness (QED) is 0.360. The van der Waals surface area contributed by atoms with Gasteiger partial charge >= 0.3 is 0 Å². The Balaban J connectivity index is 1.43. The largest absolute Gasteiger partial charge is 0.495 e. The zero-order chi connectivity index (χ0) is 26.0. The fourth-order valence-corrected chi connectivity index (χ4v) is 4.13. The maximum Gasteiger partial charge on any atom is 0.283 e. The van der Waals surface area contributed by atoms with E-state index in [-0.39, 0.29) is 23.1 Å². The number of anilines is 3. The highest BCUT2D eigenvalue weighted by Crippen LogP contribution is 2.32. The Morgan fingerprint density at radius 2 is 1.67 bits per heavy atom. The van der Waals surface area contributed by atoms with E-state index >= 15 is 0 Å². The molecule has 1 heterocycles. The molecule has 7 nitrogen and oxygen atoms in total. The third-order valence-electron chi connectivity index (χ3n) is 5.46. The van der Waals surface area contributed by atoms with Crippen LogP contribution in [0.3, 0.4) is 0 Å². The van der Waals surface area contributed by atoms with Crippen molar-refractivity contribution in [1.82, 2.24) is 0 Å². The van der Waals surface area contributed by atoms with Crippen LogP contribution in [-0.4, -0.2) is 24.8 Å². The van der Waals surface area contributed by atoms with Crippen LogP contribution in [0.25, 0.3) is 0 Å². The molecule has 0 aromatic heterocycles. The summed E-state index contributed by atoms with van der Waals surface area (Å²) >= 11 is 18.4. The van der Waals surface area contributed by atoms with Crippen LogP contribution in [0.2, 0.25) is 10.0 Å². The Morgan fingerprint density at radius 3 is 2.33 bits per heavy atom. The number of halogens is 3. The summed E-state index contributed by atoms with van der Waals surface area (Å²) in [5.74, 6) is -1.00. The summed E-state index contributed by atoms with van der Waals surface area (Å²) in [6.45, 7) is 1.82. The van der Waals surface area contributed by atoms with E-state index in [4.69, 9.17) is 39.5 Å². The monoisotopic (exact) mass is 543 g/mol. The standard InChI is InChI=1S/C26H20Cl3N3O4/c1-14-3-9-18(13-19(14)28)32-25(34)23(29)24(26(32)35)30-17-7-4-15(5-8-17)11-22(33)31-20-12-16(27)6-10-21(20)36-2/h3-10,12-13,30H,11H2,1-2H3,(H,31,33). The molecule has 3 aromatic carbocycles. The number of amides is 3. The Bertz CT molecular complexity index is 1400. The van der Waals surface area contributed by atoms with Gasteiger partial charge in [0.2, 0.25) is 5.91 Å². The highest BCUT2D eigenvalue weighted by molar-refractivity contribution is 6.53. The Hall–Kier alpha value is -3.52. The number of hydrogen-bond acceptors (Lipinski definition) is 5. The molecular weight excluding hydrogens is 525 g/mol. The van der Waals surface area contributed by atoms with Gasteiger partial charge in [-0.25, -0.2) is 4.90 Å². The van der Waals surface area contributed by atoms with E-state index in [1.165, 1.54) is 7.11 Å². The lowest BCUT2D eigenvalue weighted by Crippen LogP contribution is -2.32. The minimum Gasteiger partial charge on any atom is -0.495 e. The molecule has 0 atom stereocenters. The lowest BCUT2D eigenvalue weighted by atomic mass is 10.1. The van der Waals surface area contributed by atoms with E-state index in [0.717, 1.165) is 16.0 Å². The van der Waals surface area contributed by atoms with Gasteiger partial charge < -0.3 is 15.4 Å². The first-order valence-electron chi connectivity index (χ1n) is 10.7. The van der Waals surface area contributed by atoms with E-state index < -0.39 is 11.8 Å². The molecule has 184 valence electrons. The van der Waals surface area contributed by atoms with Crippen molar-refractivity contribution in [2.24, 2.45) is 0 Å². The number of rotatable bonds is 7. The molecule has 0 bridgehead atoms. The molecule has 1 aliphatic rings. The average Bonchev–Trinajstić information content (AvgIpc) is 3.05. The van der Waals surface area contributed by atoms with E-state index in [1.54, 1.807) is 60.7 Å². The maximum atomic E-state index is 13.0. The number of aryl methyl sites for hydroxylation is 1. The third kappa shape index (κ3) is 5.33. The van der Waals surface area contributed by atoms with Crippen molar-refractivity contribution in [1.29, 1.82) is 0 Å². The third-order valence-corrected chi connectivity index (χ3v) is 6.46. The fourth-order valence-electron chi connectivity index (χ4n) is 3.57. The molecule has 0 fully saturated rings. The highest BCUT2D eigenvalue weighted by Gasteiger charge is 2.39. The van der Waals surface area contributed by atoms with Gasteiger partial charge in [0.15, 0.2) is 0 Å². The summed E-state index contributed by atoms with van der Waals surface area (Å²) in [6.07, 6.45) is 0.0960. The van der Waals surface area contributed by atoms with Gasteiger partial charge in [-0.05, 0) is 60.5 Å². The van der Waals surface area contributed by atoms with Crippen molar-refractivity contribution in [2.45, 2.75) is 13.3 Å². The average molecular weight is 545 g/mol. The smallest absolute Gasteiger partial charge is 0.283 e. The lowest BCUT2D eigenvalue weighted by Gasteiger charge is -2.16. The molecular formula is C26H20Cl3N3O4. The number of carbonyl (C=O) groups is 3. The Kier molecular flexibility index (Phi) is 7.54. The second kappa shape index (κ2) is 10.6. The molecule has 0 unspecified atom stereocenters. The highest BCUT2D eigenvalue weighted by atomic mass is 35.5. The summed E-state index contributed by atoms with van der Waals surface area (Å²) in [6, 6.07) is 16.6. The van der Waals surface area contributed by atoms with Gasteiger partial charge in [0, 0.05) is 15.7 Å². The van der Waals surface area contributed by atoms with Gasteiger partial charge in [-0.3, -0.25) is 14.4 Å². The van der Waals surface area contributed by atoms with Crippen molar-refractivity contribution in [2.75, 3.05) is 22.6 Å². The molecule has 3 amide bonds. The maximum absolute atomic E-state index is 13.0. The van der Waals surface area contributed by atoms with Gasteiger partial charge in [0.05, 0.1) is 24.9 Å². The topological polar surface area (TPSA) is 87.7 Å². The van der Waals surface area contributed by atoms with Crippen LogP contribution in [-0.2, 0) is 20.8 Å². The molecule has 0 radical (unpaired) electrons. The first kappa shape index (κ1) is 25.6. The fraction of sp³-hybridized carbons (Fsp3) is 0.115. The minimum absolute atomic E-state index is 0.0445. The number of carbonyl (C=O) groups excluding carboxylic acids is 3. The number of ether oxygens (including phenoxy) is 1. The van der Waals surface area contributed by atoms with Gasteiger partial charge in [0.25, 0.3) is 11.8 Å². The molecule has 3 aromatic rings. The molecule has 0 saturated carbocycles. The van der Waals surface area contributed by atoms with Gasteiger partial charge in [-0.1, -0.05) is 53.0 Å². The minimum atomic E-state index is -0.645. The summed E-state index contributed by atoms with van der Waals surface area (Å²) in [7, 11) is 1.50. The second-order valence-corrected chi connectivity index (χ2v) is 9.18. The normalized spacial score (nSPS) is 13.3. The molecule has 0 saturated heterocycles. The lowest BCUT2D eigenvalue weighted by molar-refractivity contribution is -0.120. The second-order valence-electron chi connectivity index (χ2n) is 7.96. The van der Waals surface area contributed by atoms with E-state index in [1.807, 2.05) is 6.92 Å². The number of imide groups is 1. The number of methoxy groups -OCH3 is 1. The Morgan fingerprint density at radius 1 is 0.944 bits per heavy atom. The van der Waals surface area contributed by atoms with E-state index in [9.17, 15) is 14.4 Å². The number of nitrogens with zero attached hydrogens (tertiary/aromatic N) is 1. The van der Waals surface area contributed by atoms with Crippen LogP contribution in [0.4, 0.5) is 17.1 Å². The number of hydrogen-bond donors (Lipinski definition) is 2. The molecule has 0 aliphatic carbocycles. The van der Waals surface area contributed by atoms with Crippen LogP contribution in [0, 0.1) is 6.92 Å². The van der Waals surface area contributed by atoms with Crippen molar-refractivity contribution >= 4 is 69.6 Å². The van der Waals surface area contributed by atoms with Crippen molar-refractivity contribution in [3.8, 4) is 5.75 Å². The summed E-state index contributed by atoms with van der Waals surface area (Å²) in [4.78, 5) is 39.1. The van der Waals surface area contributed by atoms with Gasteiger partial charge in [-0.15, -0.1) is 0 Å². The van der Waals surface area contributed by atoms with Crippen molar-refractivity contribution in [3.05, 3.63) is 92.6 Å². The summed E-state index contributed by atoms with van der Waals surface area (Å²) in [5, 5.41) is 6.37. The van der Waals surface area contributed by atoms with Crippen LogP contribution in [0.15, 0.2) is 71.4 Å². The van der Waals surface area contributed by atoms with E-state index in [2.05, 4.69) is 10.6 Å². The first-order chi connectivity index (χ1) is 17.2. The van der Waals surface area contributed by atoms with Gasteiger partial charge in [0.1, 0.15) is 16.5 Å².